The normalized spacial score (nSPS) is 11.5. The van der Waals surface area contributed by atoms with Crippen molar-refractivity contribution in [2.75, 3.05) is 12.4 Å². The summed E-state index contributed by atoms with van der Waals surface area (Å²) in [4.78, 5) is 0. The largest absolute Gasteiger partial charge is 0.496 e. The number of hydrogen-bond acceptors (Lipinski definition) is 2. The van der Waals surface area contributed by atoms with Crippen molar-refractivity contribution in [1.82, 2.24) is 0 Å². The van der Waals surface area contributed by atoms with E-state index >= 15 is 0 Å². The predicted molar refractivity (Wildman–Crippen MR) is 114 cm³/mol. The van der Waals surface area contributed by atoms with E-state index < -0.39 is 0 Å². The minimum atomic E-state index is 0.785. The first-order valence-electron chi connectivity index (χ1n) is 8.66. The highest BCUT2D eigenvalue weighted by Gasteiger charge is 2.11. The lowest BCUT2D eigenvalue weighted by Crippen LogP contribution is -2.00. The minimum absolute atomic E-state index is 0.785. The Morgan fingerprint density at radius 1 is 1.12 bits per heavy atom. The molecule has 0 radical (unpaired) electrons. The lowest BCUT2D eigenvalue weighted by Gasteiger charge is -2.15. The summed E-state index contributed by atoms with van der Waals surface area (Å²) in [7, 11) is 1.68. The number of anilines is 1. The van der Waals surface area contributed by atoms with Gasteiger partial charge in [0.2, 0.25) is 0 Å². The monoisotopic (exact) mass is 345 g/mol. The number of rotatable bonds is 7. The van der Waals surface area contributed by atoms with Crippen LogP contribution in [-0.2, 0) is 0 Å². The third kappa shape index (κ3) is 4.76. The van der Waals surface area contributed by atoms with Crippen LogP contribution in [0.4, 0.5) is 5.69 Å². The molecular formula is C24H27NO. The van der Waals surface area contributed by atoms with Gasteiger partial charge in [0, 0.05) is 22.5 Å². The van der Waals surface area contributed by atoms with Crippen LogP contribution < -0.4 is 10.1 Å². The van der Waals surface area contributed by atoms with Crippen LogP contribution in [0.1, 0.15) is 30.5 Å². The van der Waals surface area contributed by atoms with Crippen molar-refractivity contribution in [3.63, 3.8) is 0 Å². The van der Waals surface area contributed by atoms with E-state index in [9.17, 15) is 0 Å². The molecule has 0 saturated carbocycles. The SMILES string of the molecule is C=C(Nc1cccc(C)c1)c1ccc(C(=C)/C(C)=C\C=C/C)c(OC)c1. The molecule has 26 heavy (non-hydrogen) atoms. The highest BCUT2D eigenvalue weighted by Crippen LogP contribution is 2.32. The number of hydrogen-bond donors (Lipinski definition) is 1. The van der Waals surface area contributed by atoms with E-state index in [1.165, 1.54) is 5.56 Å². The smallest absolute Gasteiger partial charge is 0.127 e. The van der Waals surface area contributed by atoms with E-state index in [1.54, 1.807) is 7.11 Å². The lowest BCUT2D eigenvalue weighted by atomic mass is 9.97. The number of allylic oxidation sites excluding steroid dienone is 5. The molecule has 0 aliphatic heterocycles. The first-order valence-corrected chi connectivity index (χ1v) is 8.66. The van der Waals surface area contributed by atoms with Gasteiger partial charge in [0.15, 0.2) is 0 Å². The zero-order valence-electron chi connectivity index (χ0n) is 16.1. The first kappa shape index (κ1) is 19.3. The molecule has 0 aliphatic rings. The van der Waals surface area contributed by atoms with Gasteiger partial charge in [-0.1, -0.05) is 49.6 Å². The van der Waals surface area contributed by atoms with Crippen LogP contribution in [0, 0.1) is 6.92 Å². The fraction of sp³-hybridized carbons (Fsp3) is 0.167. The number of benzene rings is 2. The average molecular weight is 345 g/mol. The molecule has 0 heterocycles. The fourth-order valence-electron chi connectivity index (χ4n) is 2.65. The van der Waals surface area contributed by atoms with Gasteiger partial charge in [0.05, 0.1) is 7.11 Å². The summed E-state index contributed by atoms with van der Waals surface area (Å²) in [6.45, 7) is 14.5. The minimum Gasteiger partial charge on any atom is -0.496 e. The molecule has 0 aromatic heterocycles. The Morgan fingerprint density at radius 2 is 1.88 bits per heavy atom. The fourth-order valence-corrected chi connectivity index (χ4v) is 2.65. The second-order valence-corrected chi connectivity index (χ2v) is 6.24. The first-order chi connectivity index (χ1) is 12.5. The number of aryl methyl sites for hydroxylation is 1. The zero-order valence-corrected chi connectivity index (χ0v) is 16.1. The highest BCUT2D eigenvalue weighted by molar-refractivity contribution is 5.83. The molecule has 0 spiro atoms. The molecule has 2 heteroatoms. The number of nitrogens with one attached hydrogen (secondary N) is 1. The van der Waals surface area contributed by atoms with Crippen molar-refractivity contribution in [3.05, 3.63) is 96.1 Å². The molecule has 2 aromatic carbocycles. The molecular weight excluding hydrogens is 318 g/mol. The summed E-state index contributed by atoms with van der Waals surface area (Å²) in [5, 5.41) is 3.36. The van der Waals surface area contributed by atoms with Gasteiger partial charge in [-0.25, -0.2) is 0 Å². The van der Waals surface area contributed by atoms with Crippen molar-refractivity contribution >= 4 is 17.0 Å². The molecule has 134 valence electrons. The molecule has 0 aliphatic carbocycles. The molecule has 0 unspecified atom stereocenters. The maximum absolute atomic E-state index is 5.61. The van der Waals surface area contributed by atoms with Gasteiger partial charge in [0.25, 0.3) is 0 Å². The summed E-state index contributed by atoms with van der Waals surface area (Å²) >= 11 is 0. The quantitative estimate of drug-likeness (QED) is 0.569. The summed E-state index contributed by atoms with van der Waals surface area (Å²) in [6, 6.07) is 14.3. The van der Waals surface area contributed by atoms with Crippen molar-refractivity contribution in [3.8, 4) is 5.75 Å². The number of methoxy groups -OCH3 is 1. The Bertz CT molecular complexity index is 872. The summed E-state index contributed by atoms with van der Waals surface area (Å²) in [5.41, 5.74) is 7.07. The van der Waals surface area contributed by atoms with Gasteiger partial charge in [-0.2, -0.15) is 0 Å². The third-order valence-corrected chi connectivity index (χ3v) is 4.20. The van der Waals surface area contributed by atoms with Crippen LogP contribution in [0.5, 0.6) is 5.75 Å². The summed E-state index contributed by atoms with van der Waals surface area (Å²) < 4.78 is 5.61. The molecule has 1 N–H and O–H groups in total. The third-order valence-electron chi connectivity index (χ3n) is 4.20. The highest BCUT2D eigenvalue weighted by atomic mass is 16.5. The van der Waals surface area contributed by atoms with Crippen LogP contribution in [0.3, 0.4) is 0 Å². The van der Waals surface area contributed by atoms with E-state index in [4.69, 9.17) is 4.74 Å². The second kappa shape index (κ2) is 8.91. The van der Waals surface area contributed by atoms with E-state index in [2.05, 4.69) is 37.5 Å². The van der Waals surface area contributed by atoms with Crippen molar-refractivity contribution in [1.29, 1.82) is 0 Å². The van der Waals surface area contributed by atoms with Crippen molar-refractivity contribution in [2.24, 2.45) is 0 Å². The zero-order chi connectivity index (χ0) is 19.1. The molecule has 2 rings (SSSR count). The maximum Gasteiger partial charge on any atom is 0.127 e. The Labute approximate surface area is 157 Å². The summed E-state index contributed by atoms with van der Waals surface area (Å²) in [5.74, 6) is 0.785. The molecule has 0 amide bonds. The lowest BCUT2D eigenvalue weighted by molar-refractivity contribution is 0.413. The Hall–Kier alpha value is -3.00. The Balaban J connectivity index is 2.27. The summed E-state index contributed by atoms with van der Waals surface area (Å²) in [6.07, 6.45) is 6.06. The van der Waals surface area contributed by atoms with E-state index in [0.717, 1.165) is 39.4 Å². The predicted octanol–water partition coefficient (Wildman–Crippen LogP) is 6.62. The van der Waals surface area contributed by atoms with Gasteiger partial charge in [-0.05, 0) is 61.7 Å². The Morgan fingerprint density at radius 3 is 2.54 bits per heavy atom. The molecule has 0 saturated heterocycles. The average Bonchev–Trinajstić information content (AvgIpc) is 2.64. The van der Waals surface area contributed by atoms with E-state index in [0.29, 0.717) is 0 Å². The molecule has 0 fully saturated rings. The topological polar surface area (TPSA) is 21.3 Å². The van der Waals surface area contributed by atoms with Gasteiger partial charge >= 0.3 is 0 Å². The van der Waals surface area contributed by atoms with Crippen LogP contribution in [0.2, 0.25) is 0 Å². The number of ether oxygens (including phenoxy) is 1. The van der Waals surface area contributed by atoms with Gasteiger partial charge in [-0.3, -0.25) is 0 Å². The molecule has 2 aromatic rings. The van der Waals surface area contributed by atoms with E-state index in [1.807, 2.05) is 62.4 Å². The maximum atomic E-state index is 5.61. The molecule has 0 atom stereocenters. The second-order valence-electron chi connectivity index (χ2n) is 6.24. The van der Waals surface area contributed by atoms with Gasteiger partial charge in [0.1, 0.15) is 5.75 Å². The van der Waals surface area contributed by atoms with Gasteiger partial charge in [-0.15, -0.1) is 0 Å². The van der Waals surface area contributed by atoms with Crippen LogP contribution >= 0.6 is 0 Å². The van der Waals surface area contributed by atoms with Crippen molar-refractivity contribution in [2.45, 2.75) is 20.8 Å². The van der Waals surface area contributed by atoms with Crippen LogP contribution in [0.25, 0.3) is 11.3 Å². The standard InChI is InChI=1S/C24H27NO/c1-7-8-11-18(3)19(4)23-14-13-21(16-24(23)26-6)20(5)25-22-12-9-10-17(2)15-22/h7-16,25H,4-5H2,1-3,6H3/b8-7-,18-11-. The molecule has 2 nitrogen and oxygen atoms in total. The molecule has 0 bridgehead atoms. The van der Waals surface area contributed by atoms with Crippen LogP contribution in [-0.4, -0.2) is 7.11 Å². The van der Waals surface area contributed by atoms with Crippen LogP contribution in [0.15, 0.2) is 79.4 Å². The van der Waals surface area contributed by atoms with E-state index in [-0.39, 0.29) is 0 Å². The van der Waals surface area contributed by atoms with Gasteiger partial charge < -0.3 is 10.1 Å². The Kier molecular flexibility index (Phi) is 6.62. The van der Waals surface area contributed by atoms with Crippen molar-refractivity contribution < 1.29 is 4.74 Å².